The van der Waals surface area contributed by atoms with E-state index in [4.69, 9.17) is 14.2 Å². The van der Waals surface area contributed by atoms with Gasteiger partial charge in [0.25, 0.3) is 11.8 Å². The fourth-order valence-corrected chi connectivity index (χ4v) is 7.33. The number of hydrogen-bond acceptors (Lipinski definition) is 9. The number of nitrogens with one attached hydrogen (secondary N) is 3. The van der Waals surface area contributed by atoms with Crippen molar-refractivity contribution in [1.29, 1.82) is 0 Å². The van der Waals surface area contributed by atoms with Crippen molar-refractivity contribution in [2.75, 3.05) is 37.2 Å². The molecule has 1 aliphatic carbocycles. The third-order valence-corrected chi connectivity index (χ3v) is 9.84. The Kier molecular flexibility index (Phi) is 12.1. The lowest BCUT2D eigenvalue weighted by Gasteiger charge is -2.13. The minimum Gasteiger partial charge on any atom is -0.497 e. The van der Waals surface area contributed by atoms with Gasteiger partial charge in [-0.15, -0.1) is 23.1 Å². The molecule has 0 saturated carbocycles. The van der Waals surface area contributed by atoms with Crippen molar-refractivity contribution in [1.82, 2.24) is 5.32 Å². The molecule has 0 saturated heterocycles. The molecule has 0 unspecified atom stereocenters. The maximum Gasteiger partial charge on any atom is 0.341 e. The van der Waals surface area contributed by atoms with E-state index < -0.39 is 17.8 Å². The number of thioether (sulfide) groups is 1. The maximum absolute atomic E-state index is 13.6. The molecule has 0 aliphatic heterocycles. The van der Waals surface area contributed by atoms with Crippen LogP contribution in [0.1, 0.15) is 56.5 Å². The molecule has 5 rings (SSSR count). The first-order chi connectivity index (χ1) is 23.8. The third-order valence-electron chi connectivity index (χ3n) is 7.63. The molecule has 0 atom stereocenters. The van der Waals surface area contributed by atoms with Crippen LogP contribution in [0.2, 0.25) is 0 Å². The highest BCUT2D eigenvalue weighted by molar-refractivity contribution is 8.00. The number of fused-ring (bicyclic) bond motifs is 1. The smallest absolute Gasteiger partial charge is 0.341 e. The van der Waals surface area contributed by atoms with Crippen LogP contribution in [-0.2, 0) is 27.2 Å². The van der Waals surface area contributed by atoms with Crippen LogP contribution in [0, 0.1) is 0 Å². The number of aryl methyl sites for hydroxylation is 1. The maximum atomic E-state index is 13.6. The number of rotatable bonds is 13. The molecule has 0 bridgehead atoms. The lowest BCUT2D eigenvalue weighted by atomic mass is 9.95. The Balaban J connectivity index is 1.30. The summed E-state index contributed by atoms with van der Waals surface area (Å²) in [7, 11) is 3.05. The van der Waals surface area contributed by atoms with Crippen molar-refractivity contribution in [3.63, 3.8) is 0 Å². The third kappa shape index (κ3) is 9.09. The fraction of sp³-hybridized carbons (Fsp3) is 0.243. The van der Waals surface area contributed by atoms with Crippen LogP contribution in [0.3, 0.4) is 0 Å². The average Bonchev–Trinajstić information content (AvgIpc) is 3.48. The number of amides is 3. The normalized spacial score (nSPS) is 12.3. The lowest BCUT2D eigenvalue weighted by Crippen LogP contribution is -2.30. The number of carbonyl (C=O) groups is 4. The van der Waals surface area contributed by atoms with Gasteiger partial charge < -0.3 is 30.2 Å². The Morgan fingerprint density at radius 3 is 2.45 bits per heavy atom. The molecular weight excluding hydrogens is 663 g/mol. The van der Waals surface area contributed by atoms with Gasteiger partial charge in [-0.25, -0.2) is 4.79 Å². The zero-order valence-electron chi connectivity index (χ0n) is 27.4. The number of thiophene rings is 1. The summed E-state index contributed by atoms with van der Waals surface area (Å²) in [4.78, 5) is 54.4. The first-order valence-corrected chi connectivity index (χ1v) is 17.6. The van der Waals surface area contributed by atoms with Gasteiger partial charge in [-0.05, 0) is 86.7 Å². The van der Waals surface area contributed by atoms with Gasteiger partial charge in [-0.3, -0.25) is 14.4 Å². The van der Waals surface area contributed by atoms with E-state index >= 15 is 0 Å². The minimum atomic E-state index is -0.560. The van der Waals surface area contributed by atoms with Crippen LogP contribution >= 0.6 is 23.1 Å². The molecule has 3 N–H and O–H groups in total. The standard InChI is InChI=1S/C37H37N3O7S2/c1-4-47-37(44)33-28-15-8-9-16-31(28)49-36(33)40-32(41)22-48-27-14-10-13-25(20-27)38-35(43)29(39-34(42)23-11-6-5-7-12-23)19-24-17-18-26(45-2)21-30(24)46-3/h5-7,10-14,17-21H,4,8-9,15-16,22H2,1-3H3,(H,38,43)(H,39,42)(H,40,41)/b29-19+. The van der Waals surface area contributed by atoms with E-state index in [1.165, 1.54) is 36.3 Å². The monoisotopic (exact) mass is 699 g/mol. The Morgan fingerprint density at radius 1 is 0.898 bits per heavy atom. The van der Waals surface area contributed by atoms with E-state index in [0.29, 0.717) is 38.9 Å². The summed E-state index contributed by atoms with van der Waals surface area (Å²) in [6.07, 6.45) is 5.26. The first kappa shape index (κ1) is 35.2. The van der Waals surface area contributed by atoms with Gasteiger partial charge >= 0.3 is 5.97 Å². The Bertz CT molecular complexity index is 1870. The molecule has 0 fully saturated rings. The van der Waals surface area contributed by atoms with Gasteiger partial charge in [-0.1, -0.05) is 24.3 Å². The number of benzene rings is 3. The Morgan fingerprint density at radius 2 is 1.69 bits per heavy atom. The van der Waals surface area contributed by atoms with Crippen LogP contribution in [0.25, 0.3) is 6.08 Å². The van der Waals surface area contributed by atoms with Crippen molar-refractivity contribution in [2.45, 2.75) is 37.5 Å². The summed E-state index contributed by atoms with van der Waals surface area (Å²) in [6.45, 7) is 2.02. The van der Waals surface area contributed by atoms with Crippen molar-refractivity contribution in [2.24, 2.45) is 0 Å². The summed E-state index contributed by atoms with van der Waals surface area (Å²) in [5.74, 6) is -0.578. The van der Waals surface area contributed by atoms with Gasteiger partial charge in [0.05, 0.1) is 32.1 Å². The number of anilines is 2. The van der Waals surface area contributed by atoms with E-state index in [1.54, 1.807) is 80.8 Å². The van der Waals surface area contributed by atoms with Gasteiger partial charge in [0, 0.05) is 32.7 Å². The molecular formula is C37H37N3O7S2. The summed E-state index contributed by atoms with van der Waals surface area (Å²) >= 11 is 2.73. The number of carbonyl (C=O) groups excluding carboxylic acids is 4. The van der Waals surface area contributed by atoms with Crippen molar-refractivity contribution in [3.8, 4) is 11.5 Å². The van der Waals surface area contributed by atoms with Crippen LogP contribution in [0.15, 0.2) is 83.4 Å². The van der Waals surface area contributed by atoms with Gasteiger partial charge in [0.1, 0.15) is 22.2 Å². The van der Waals surface area contributed by atoms with E-state index in [-0.39, 0.29) is 24.0 Å². The molecule has 1 aromatic heterocycles. The van der Waals surface area contributed by atoms with Crippen LogP contribution < -0.4 is 25.4 Å². The molecule has 254 valence electrons. The molecule has 12 heteroatoms. The fourth-order valence-electron chi connectivity index (χ4n) is 5.28. The molecule has 1 heterocycles. The summed E-state index contributed by atoms with van der Waals surface area (Å²) in [6, 6.07) is 20.8. The molecule has 0 spiro atoms. The number of esters is 1. The van der Waals surface area contributed by atoms with E-state index in [1.807, 2.05) is 6.07 Å². The highest BCUT2D eigenvalue weighted by Crippen LogP contribution is 2.39. The van der Waals surface area contributed by atoms with Gasteiger partial charge in [0.2, 0.25) is 5.91 Å². The number of methoxy groups -OCH3 is 2. The highest BCUT2D eigenvalue weighted by Gasteiger charge is 2.27. The van der Waals surface area contributed by atoms with E-state index in [0.717, 1.165) is 41.0 Å². The predicted molar refractivity (Wildman–Crippen MR) is 193 cm³/mol. The number of hydrogen-bond donors (Lipinski definition) is 3. The van der Waals surface area contributed by atoms with E-state index in [2.05, 4.69) is 16.0 Å². The summed E-state index contributed by atoms with van der Waals surface area (Å²) in [5.41, 5.74) is 2.85. The summed E-state index contributed by atoms with van der Waals surface area (Å²) in [5, 5.41) is 9.05. The van der Waals surface area contributed by atoms with Crippen LogP contribution in [-0.4, -0.2) is 50.3 Å². The Hall–Kier alpha value is -5.07. The molecule has 3 amide bonds. The Labute approximate surface area is 293 Å². The van der Waals surface area contributed by atoms with Crippen LogP contribution in [0.4, 0.5) is 10.7 Å². The van der Waals surface area contributed by atoms with Crippen molar-refractivity contribution >= 4 is 63.6 Å². The highest BCUT2D eigenvalue weighted by atomic mass is 32.2. The topological polar surface area (TPSA) is 132 Å². The molecule has 0 radical (unpaired) electrons. The number of ether oxygens (including phenoxy) is 3. The molecule has 4 aromatic rings. The molecule has 1 aliphatic rings. The van der Waals surface area contributed by atoms with Crippen molar-refractivity contribution in [3.05, 3.63) is 106 Å². The second kappa shape index (κ2) is 16.8. The molecule has 10 nitrogen and oxygen atoms in total. The van der Waals surface area contributed by atoms with Crippen molar-refractivity contribution < 1.29 is 33.4 Å². The van der Waals surface area contributed by atoms with E-state index in [9.17, 15) is 19.2 Å². The lowest BCUT2D eigenvalue weighted by molar-refractivity contribution is -0.114. The zero-order chi connectivity index (χ0) is 34.8. The SMILES string of the molecule is CCOC(=O)c1c(NC(=O)CSc2cccc(NC(=O)/C(=C\c3ccc(OC)cc3OC)NC(=O)c3ccccc3)c2)sc2c1CCCC2. The zero-order valence-corrected chi connectivity index (χ0v) is 29.1. The van der Waals surface area contributed by atoms with Crippen LogP contribution in [0.5, 0.6) is 11.5 Å². The second-order valence-corrected chi connectivity index (χ2v) is 13.1. The average molecular weight is 700 g/mol. The predicted octanol–water partition coefficient (Wildman–Crippen LogP) is 6.96. The summed E-state index contributed by atoms with van der Waals surface area (Å²) < 4.78 is 16.1. The van der Waals surface area contributed by atoms with Gasteiger partial charge in [0.15, 0.2) is 0 Å². The quantitative estimate of drug-likeness (QED) is 0.0776. The minimum absolute atomic E-state index is 0.00852. The van der Waals surface area contributed by atoms with Gasteiger partial charge in [-0.2, -0.15) is 0 Å². The molecule has 49 heavy (non-hydrogen) atoms. The second-order valence-electron chi connectivity index (χ2n) is 10.9. The molecule has 3 aromatic carbocycles. The largest absolute Gasteiger partial charge is 0.497 e. The first-order valence-electron chi connectivity index (χ1n) is 15.8.